The number of likely N-dealkylation sites (N-methyl/N-ethyl adjacent to an activating group) is 1. The molecule has 0 radical (unpaired) electrons. The molecule has 7 amide bonds. The Balaban J connectivity index is 1.33. The van der Waals surface area contributed by atoms with E-state index in [-0.39, 0.29) is 49.9 Å². The van der Waals surface area contributed by atoms with Gasteiger partial charge in [-0.15, -0.1) is 0 Å². The second kappa shape index (κ2) is 18.1. The molecule has 2 aromatic carbocycles. The number of benzene rings is 2. The molecule has 20 heteroatoms. The van der Waals surface area contributed by atoms with Crippen LogP contribution in [-0.2, 0) is 39.9 Å². The number of ether oxygens (including phenoxy) is 3. The first-order chi connectivity index (χ1) is 28.4. The number of rotatable bonds is 7. The lowest BCUT2D eigenvalue weighted by atomic mass is 10.0. The van der Waals surface area contributed by atoms with Gasteiger partial charge in [0.05, 0.1) is 6.10 Å². The third-order valence-corrected chi connectivity index (χ3v) is 11.1. The number of aliphatic hydroxyl groups excluding tert-OH is 1. The predicted molar refractivity (Wildman–Crippen MR) is 206 cm³/mol. The van der Waals surface area contributed by atoms with Gasteiger partial charge >= 0.3 is 12.0 Å². The molecule has 6 rings (SSSR count). The fourth-order valence-electron chi connectivity index (χ4n) is 8.12. The quantitative estimate of drug-likeness (QED) is 0.245. The number of cyclic esters (lactones) is 1. The second-order valence-electron chi connectivity index (χ2n) is 15.7. The van der Waals surface area contributed by atoms with E-state index in [1.165, 1.54) is 49.8 Å². The number of nitrogens with one attached hydrogen (secondary N) is 4. The first-order valence-corrected chi connectivity index (χ1v) is 19.7. The molecule has 0 aliphatic carbocycles. The van der Waals surface area contributed by atoms with Crippen molar-refractivity contribution in [2.45, 2.75) is 102 Å². The molecule has 5 N–H and O–H groups in total. The summed E-state index contributed by atoms with van der Waals surface area (Å²) in [5.41, 5.74) is 0.216. The van der Waals surface area contributed by atoms with Crippen LogP contribution in [0.5, 0.6) is 11.5 Å². The Kier molecular flexibility index (Phi) is 13.1. The van der Waals surface area contributed by atoms with E-state index in [1.54, 1.807) is 6.07 Å². The Bertz CT molecular complexity index is 2020. The van der Waals surface area contributed by atoms with Crippen molar-refractivity contribution in [1.82, 2.24) is 30.7 Å². The number of aliphatic hydroxyl groups is 1. The number of fused-ring (bicyclic) bond motifs is 3. The fourth-order valence-corrected chi connectivity index (χ4v) is 8.12. The number of anilines is 1. The summed E-state index contributed by atoms with van der Waals surface area (Å²) in [7, 11) is 1.29. The summed E-state index contributed by atoms with van der Waals surface area (Å²) < 4.78 is 45.2. The molecule has 0 unspecified atom stereocenters. The van der Waals surface area contributed by atoms with E-state index >= 15 is 0 Å². The number of carbonyl (C=O) groups excluding carboxylic acids is 7. The first-order valence-electron chi connectivity index (χ1n) is 19.7. The van der Waals surface area contributed by atoms with Crippen LogP contribution in [0.4, 0.5) is 19.3 Å². The molecule has 324 valence electrons. The van der Waals surface area contributed by atoms with Gasteiger partial charge in [-0.05, 0) is 75.8 Å². The summed E-state index contributed by atoms with van der Waals surface area (Å²) in [4.78, 5) is 101. The van der Waals surface area contributed by atoms with Crippen LogP contribution in [0.15, 0.2) is 36.4 Å². The Hall–Kier alpha value is -6.05. The largest absolute Gasteiger partial charge is 0.458 e. The molecule has 0 bridgehead atoms. The molecule has 2 aromatic rings. The summed E-state index contributed by atoms with van der Waals surface area (Å²) in [6, 6.07) is -2.10. The fraction of sp³-hybridized carbons (Fsp3) is 0.525. The maximum atomic E-state index is 14.6. The van der Waals surface area contributed by atoms with Crippen LogP contribution in [0.1, 0.15) is 52.5 Å². The molecule has 4 heterocycles. The van der Waals surface area contributed by atoms with Crippen molar-refractivity contribution in [1.29, 1.82) is 0 Å². The van der Waals surface area contributed by atoms with Gasteiger partial charge in [-0.25, -0.2) is 18.4 Å². The van der Waals surface area contributed by atoms with Crippen molar-refractivity contribution < 1.29 is 61.7 Å². The van der Waals surface area contributed by atoms with Crippen molar-refractivity contribution in [3.8, 4) is 11.5 Å². The topological polar surface area (TPSA) is 225 Å². The van der Waals surface area contributed by atoms with Crippen LogP contribution in [0.25, 0.3) is 0 Å². The zero-order valence-electron chi connectivity index (χ0n) is 33.7. The normalized spacial score (nSPS) is 27.1. The number of urea groups is 1. The average Bonchev–Trinajstić information content (AvgIpc) is 3.95. The molecule has 3 saturated heterocycles. The Morgan fingerprint density at radius 3 is 2.33 bits per heavy atom. The highest BCUT2D eigenvalue weighted by Gasteiger charge is 2.47. The number of nitrogens with zero attached hydrogens (tertiary/aromatic N) is 3. The summed E-state index contributed by atoms with van der Waals surface area (Å²) in [6.45, 7) is 5.99. The maximum absolute atomic E-state index is 14.6. The van der Waals surface area contributed by atoms with Gasteiger partial charge in [0.15, 0.2) is 11.5 Å². The zero-order valence-corrected chi connectivity index (χ0v) is 33.7. The van der Waals surface area contributed by atoms with Gasteiger partial charge in [0.2, 0.25) is 36.3 Å². The molecule has 4 aliphatic rings. The van der Waals surface area contributed by atoms with Crippen molar-refractivity contribution >= 4 is 47.2 Å². The molecular formula is C40H49F2N7O11. The monoisotopic (exact) mass is 841 g/mol. The number of hydrogen-bond donors (Lipinski definition) is 5. The predicted octanol–water partition coefficient (Wildman–Crippen LogP) is 0.797. The smallest absolute Gasteiger partial charge is 0.329 e. The van der Waals surface area contributed by atoms with E-state index < -0.39 is 108 Å². The third kappa shape index (κ3) is 9.53. The molecule has 4 aliphatic heterocycles. The SMILES string of the molecule is C[C@@H]1C[C@H]2C(=O)O[C@@H](C)[C@H](NC(=O)[C@H](Cc3cc(F)cc(F)c3)NC(=O)Nc3ccc4c(c3)OCO4)C(=O)N3CCC[C@H]3C(=O)N(C)[C@@H]([C@@H](C)O)C(=O)N[C@@H](C)C(=O)N2C1. The second-order valence-corrected chi connectivity index (χ2v) is 15.7. The van der Waals surface area contributed by atoms with Crippen LogP contribution in [0, 0.1) is 17.6 Å². The number of esters is 1. The molecule has 0 saturated carbocycles. The summed E-state index contributed by atoms with van der Waals surface area (Å²) in [5, 5.41) is 20.9. The standard InChI is InChI=1S/C40H49F2N7O11/c1-19-11-29-39(56)60-22(4)32(38(55)48-10-6-7-28(48)37(54)47(5)33(21(3)50)35(52)43-20(2)36(53)49(29)17-19)46-34(51)27(14-23-12-24(41)15-25(42)13-23)45-40(57)44-26-8-9-30-31(16-26)59-18-58-30/h8-9,12-13,15-16,19-22,27-29,32-33,50H,6-7,10-11,14,17-18H2,1-5H3,(H,43,52)(H,46,51)(H2,44,45,57)/t19-,20+,21-,22+,27+,28+,29+,32+,33+/m1/s1. The molecular weight excluding hydrogens is 792 g/mol. The third-order valence-electron chi connectivity index (χ3n) is 11.1. The van der Waals surface area contributed by atoms with Gasteiger partial charge in [0.1, 0.15) is 54.0 Å². The van der Waals surface area contributed by atoms with Gasteiger partial charge < -0.3 is 55.3 Å². The Labute approximate surface area is 344 Å². The molecule has 18 nitrogen and oxygen atoms in total. The highest BCUT2D eigenvalue weighted by Crippen LogP contribution is 2.34. The van der Waals surface area contributed by atoms with E-state index in [4.69, 9.17) is 14.2 Å². The van der Waals surface area contributed by atoms with Gasteiger partial charge in [0, 0.05) is 44.4 Å². The number of hydrogen-bond acceptors (Lipinski definition) is 11. The lowest BCUT2D eigenvalue weighted by Gasteiger charge is -2.37. The lowest BCUT2D eigenvalue weighted by molar-refractivity contribution is -0.163. The first kappa shape index (κ1) is 43.5. The van der Waals surface area contributed by atoms with E-state index in [0.29, 0.717) is 24.0 Å². The minimum Gasteiger partial charge on any atom is -0.458 e. The number of amides is 7. The van der Waals surface area contributed by atoms with Crippen molar-refractivity contribution in [2.24, 2.45) is 5.92 Å². The molecule has 0 spiro atoms. The van der Waals surface area contributed by atoms with Crippen LogP contribution >= 0.6 is 0 Å². The van der Waals surface area contributed by atoms with Gasteiger partial charge in [-0.1, -0.05) is 6.92 Å². The van der Waals surface area contributed by atoms with Gasteiger partial charge in [0.25, 0.3) is 0 Å². The minimum atomic E-state index is -1.71. The average molecular weight is 842 g/mol. The summed E-state index contributed by atoms with van der Waals surface area (Å²) in [6.07, 6.45) is -2.69. The van der Waals surface area contributed by atoms with Crippen molar-refractivity contribution in [3.05, 3.63) is 53.6 Å². The number of halogens is 2. The summed E-state index contributed by atoms with van der Waals surface area (Å²) >= 11 is 0. The Morgan fingerprint density at radius 1 is 0.933 bits per heavy atom. The van der Waals surface area contributed by atoms with E-state index in [0.717, 1.165) is 17.0 Å². The van der Waals surface area contributed by atoms with E-state index in [1.807, 2.05) is 6.92 Å². The maximum Gasteiger partial charge on any atom is 0.329 e. The van der Waals surface area contributed by atoms with Crippen molar-refractivity contribution in [2.75, 3.05) is 32.2 Å². The molecule has 0 aromatic heterocycles. The Morgan fingerprint density at radius 2 is 1.63 bits per heavy atom. The van der Waals surface area contributed by atoms with Crippen molar-refractivity contribution in [3.63, 3.8) is 0 Å². The highest BCUT2D eigenvalue weighted by molar-refractivity contribution is 5.99. The van der Waals surface area contributed by atoms with Gasteiger partial charge in [-0.3, -0.25) is 24.0 Å². The van der Waals surface area contributed by atoms with Crippen LogP contribution in [-0.4, -0.2) is 137 Å². The molecule has 9 atom stereocenters. The minimum absolute atomic E-state index is 0.0172. The highest BCUT2D eigenvalue weighted by atomic mass is 19.1. The lowest BCUT2D eigenvalue weighted by Crippen LogP contribution is -2.63. The van der Waals surface area contributed by atoms with Crippen LogP contribution in [0.2, 0.25) is 0 Å². The zero-order chi connectivity index (χ0) is 43.6. The van der Waals surface area contributed by atoms with E-state index in [9.17, 15) is 47.4 Å². The molecule has 60 heavy (non-hydrogen) atoms. The van der Waals surface area contributed by atoms with Gasteiger partial charge in [-0.2, -0.15) is 0 Å². The summed E-state index contributed by atoms with van der Waals surface area (Å²) in [5.74, 6) is -6.25. The van der Waals surface area contributed by atoms with Crippen LogP contribution in [0.3, 0.4) is 0 Å². The van der Waals surface area contributed by atoms with Crippen LogP contribution < -0.4 is 30.7 Å². The number of carbonyl (C=O) groups is 7. The van der Waals surface area contributed by atoms with E-state index in [2.05, 4.69) is 21.3 Å². The molecule has 3 fully saturated rings.